The second kappa shape index (κ2) is 7.45. The van der Waals surface area contributed by atoms with Gasteiger partial charge in [0.25, 0.3) is 0 Å². The molecule has 0 fully saturated rings. The van der Waals surface area contributed by atoms with E-state index < -0.39 is 0 Å². The fraction of sp³-hybridized carbons (Fsp3) is 0.150. The molecule has 124 valence electrons. The molecule has 0 saturated heterocycles. The smallest absolute Gasteiger partial charge is 0.159 e. The van der Waals surface area contributed by atoms with Gasteiger partial charge in [0.2, 0.25) is 0 Å². The van der Waals surface area contributed by atoms with Crippen LogP contribution in [0.2, 0.25) is 0 Å². The largest absolute Gasteiger partial charge is 0.380 e. The van der Waals surface area contributed by atoms with E-state index in [0.717, 1.165) is 5.56 Å². The van der Waals surface area contributed by atoms with E-state index in [4.69, 9.17) is 0 Å². The summed E-state index contributed by atoms with van der Waals surface area (Å²) in [5, 5.41) is 16.8. The van der Waals surface area contributed by atoms with Gasteiger partial charge in [-0.25, -0.2) is 0 Å². The number of nitrogens with one attached hydrogen (secondary N) is 1. The van der Waals surface area contributed by atoms with Gasteiger partial charge >= 0.3 is 0 Å². The molecule has 0 aliphatic carbocycles. The predicted octanol–water partition coefficient (Wildman–Crippen LogP) is 3.62. The van der Waals surface area contributed by atoms with E-state index in [1.165, 1.54) is 12.5 Å². The van der Waals surface area contributed by atoms with Crippen LogP contribution in [0.25, 0.3) is 0 Å². The topological polar surface area (TPSA) is 70.7 Å². The minimum atomic E-state index is -0.0248. The number of benzene rings is 2. The molecule has 5 heteroatoms. The van der Waals surface area contributed by atoms with Crippen LogP contribution < -0.4 is 5.32 Å². The molecule has 3 aromatic rings. The van der Waals surface area contributed by atoms with E-state index in [-0.39, 0.29) is 5.78 Å². The van der Waals surface area contributed by atoms with E-state index in [0.29, 0.717) is 29.9 Å². The van der Waals surface area contributed by atoms with Crippen LogP contribution in [0, 0.1) is 11.3 Å². The van der Waals surface area contributed by atoms with E-state index in [1.54, 1.807) is 24.4 Å². The molecule has 0 radical (unpaired) electrons. The Morgan fingerprint density at radius 3 is 2.72 bits per heavy atom. The average Bonchev–Trinajstić information content (AvgIpc) is 3.07. The summed E-state index contributed by atoms with van der Waals surface area (Å²) in [4.78, 5) is 11.5. The number of nitrogens with zero attached hydrogens (tertiary/aromatic N) is 3. The lowest BCUT2D eigenvalue weighted by atomic mass is 10.1. The third-order valence-electron chi connectivity index (χ3n) is 3.90. The molecule has 1 heterocycles. The van der Waals surface area contributed by atoms with Gasteiger partial charge < -0.3 is 5.32 Å². The number of hydrogen-bond acceptors (Lipinski definition) is 4. The molecule has 0 bridgehead atoms. The number of anilines is 1. The number of carbonyl (C=O) groups is 1. The molecule has 3 rings (SSSR count). The van der Waals surface area contributed by atoms with Crippen molar-refractivity contribution in [3.63, 3.8) is 0 Å². The third-order valence-corrected chi connectivity index (χ3v) is 3.90. The van der Waals surface area contributed by atoms with Gasteiger partial charge in [0.05, 0.1) is 24.0 Å². The van der Waals surface area contributed by atoms with Crippen molar-refractivity contribution in [2.75, 3.05) is 5.32 Å². The summed E-state index contributed by atoms with van der Waals surface area (Å²) in [6.07, 6.45) is 3.78. The maximum absolute atomic E-state index is 11.5. The zero-order valence-electron chi connectivity index (χ0n) is 13.9. The Bertz CT molecular complexity index is 922. The Morgan fingerprint density at radius 1 is 1.20 bits per heavy atom. The van der Waals surface area contributed by atoms with Crippen LogP contribution in [0.1, 0.15) is 34.0 Å². The van der Waals surface area contributed by atoms with E-state index in [2.05, 4.69) is 28.6 Å². The average molecular weight is 330 g/mol. The van der Waals surface area contributed by atoms with Gasteiger partial charge in [0.15, 0.2) is 5.78 Å². The van der Waals surface area contributed by atoms with Crippen LogP contribution in [-0.4, -0.2) is 15.6 Å². The molecule has 1 aromatic heterocycles. The van der Waals surface area contributed by atoms with E-state index in [1.807, 2.05) is 29.1 Å². The van der Waals surface area contributed by atoms with Gasteiger partial charge in [-0.1, -0.05) is 30.3 Å². The standard InChI is InChI=1S/C20H18N4O/c1-15(25)18-7-8-19(10-21)20(9-18)22-11-17-12-23-24(14-17)13-16-5-3-2-4-6-16/h2-9,12,14,22H,11,13H2,1H3. The molecule has 2 aromatic carbocycles. The Balaban J connectivity index is 1.69. The van der Waals surface area contributed by atoms with Crippen LogP contribution in [0.5, 0.6) is 0 Å². The Hall–Kier alpha value is -3.39. The van der Waals surface area contributed by atoms with Crippen molar-refractivity contribution in [3.8, 4) is 6.07 Å². The van der Waals surface area contributed by atoms with Crippen molar-refractivity contribution in [3.05, 3.63) is 83.2 Å². The summed E-state index contributed by atoms with van der Waals surface area (Å²) in [6.45, 7) is 2.76. The summed E-state index contributed by atoms with van der Waals surface area (Å²) in [5.41, 5.74) is 3.95. The Labute approximate surface area is 146 Å². The summed E-state index contributed by atoms with van der Waals surface area (Å²) in [7, 11) is 0. The third kappa shape index (κ3) is 4.12. The van der Waals surface area contributed by atoms with Crippen molar-refractivity contribution in [2.24, 2.45) is 0 Å². The molecule has 0 amide bonds. The van der Waals surface area contributed by atoms with Crippen molar-refractivity contribution >= 4 is 11.5 Å². The molecular formula is C20H18N4O. The summed E-state index contributed by atoms with van der Waals surface area (Å²) in [6, 6.07) is 17.3. The molecule has 0 aliphatic rings. The van der Waals surface area contributed by atoms with Crippen LogP contribution in [-0.2, 0) is 13.1 Å². The van der Waals surface area contributed by atoms with E-state index in [9.17, 15) is 10.1 Å². The highest BCUT2D eigenvalue weighted by molar-refractivity contribution is 5.95. The lowest BCUT2D eigenvalue weighted by Gasteiger charge is -2.08. The number of hydrogen-bond donors (Lipinski definition) is 1. The van der Waals surface area contributed by atoms with Crippen molar-refractivity contribution < 1.29 is 4.79 Å². The normalized spacial score (nSPS) is 10.2. The number of ketones is 1. The van der Waals surface area contributed by atoms with Crippen molar-refractivity contribution in [1.82, 2.24) is 9.78 Å². The number of aromatic nitrogens is 2. The first kappa shape index (κ1) is 16.5. The summed E-state index contributed by atoms with van der Waals surface area (Å²) < 4.78 is 1.88. The van der Waals surface area contributed by atoms with Crippen molar-refractivity contribution in [2.45, 2.75) is 20.0 Å². The molecule has 0 saturated carbocycles. The van der Waals surface area contributed by atoms with Crippen LogP contribution in [0.15, 0.2) is 60.9 Å². The highest BCUT2D eigenvalue weighted by Gasteiger charge is 2.07. The number of nitriles is 1. The minimum absolute atomic E-state index is 0.0248. The van der Waals surface area contributed by atoms with Gasteiger partial charge in [-0.15, -0.1) is 0 Å². The van der Waals surface area contributed by atoms with Crippen LogP contribution in [0.4, 0.5) is 5.69 Å². The Morgan fingerprint density at radius 2 is 2.00 bits per heavy atom. The number of Topliss-reactive ketones (excluding diaryl/α,β-unsaturated/α-hetero) is 1. The SMILES string of the molecule is CC(=O)c1ccc(C#N)c(NCc2cnn(Cc3ccccc3)c2)c1. The zero-order chi connectivity index (χ0) is 17.6. The molecule has 0 unspecified atom stereocenters. The zero-order valence-corrected chi connectivity index (χ0v) is 13.9. The molecule has 0 spiro atoms. The van der Waals surface area contributed by atoms with Gasteiger partial charge in [-0.3, -0.25) is 9.48 Å². The minimum Gasteiger partial charge on any atom is -0.380 e. The van der Waals surface area contributed by atoms with Crippen molar-refractivity contribution in [1.29, 1.82) is 5.26 Å². The highest BCUT2D eigenvalue weighted by Crippen LogP contribution is 2.18. The van der Waals surface area contributed by atoms with Gasteiger partial charge in [0, 0.05) is 23.9 Å². The molecule has 5 nitrogen and oxygen atoms in total. The van der Waals surface area contributed by atoms with Crippen LogP contribution >= 0.6 is 0 Å². The molecule has 25 heavy (non-hydrogen) atoms. The first-order valence-electron chi connectivity index (χ1n) is 8.00. The first-order chi connectivity index (χ1) is 12.2. The molecule has 0 aliphatic heterocycles. The fourth-order valence-electron chi connectivity index (χ4n) is 2.56. The number of carbonyl (C=O) groups excluding carboxylic acids is 1. The second-order valence-electron chi connectivity index (χ2n) is 5.81. The lowest BCUT2D eigenvalue weighted by Crippen LogP contribution is -2.03. The van der Waals surface area contributed by atoms with Gasteiger partial charge in [0.1, 0.15) is 6.07 Å². The summed E-state index contributed by atoms with van der Waals surface area (Å²) >= 11 is 0. The first-order valence-corrected chi connectivity index (χ1v) is 8.00. The quantitative estimate of drug-likeness (QED) is 0.701. The second-order valence-corrected chi connectivity index (χ2v) is 5.81. The molecular weight excluding hydrogens is 312 g/mol. The lowest BCUT2D eigenvalue weighted by molar-refractivity contribution is 0.101. The monoisotopic (exact) mass is 330 g/mol. The van der Waals surface area contributed by atoms with Gasteiger partial charge in [-0.2, -0.15) is 10.4 Å². The highest BCUT2D eigenvalue weighted by atomic mass is 16.1. The molecule has 0 atom stereocenters. The fourth-order valence-corrected chi connectivity index (χ4v) is 2.56. The summed E-state index contributed by atoms with van der Waals surface area (Å²) in [5.74, 6) is -0.0248. The predicted molar refractivity (Wildman–Crippen MR) is 96.3 cm³/mol. The maximum Gasteiger partial charge on any atom is 0.159 e. The molecule has 1 N–H and O–H groups in total. The van der Waals surface area contributed by atoms with Crippen LogP contribution in [0.3, 0.4) is 0 Å². The maximum atomic E-state index is 11.5. The number of rotatable bonds is 6. The van der Waals surface area contributed by atoms with Gasteiger partial charge in [-0.05, 0) is 30.7 Å². The Kier molecular flexibility index (Phi) is 4.91. The van der Waals surface area contributed by atoms with E-state index >= 15 is 0 Å².